The van der Waals surface area contributed by atoms with E-state index in [0.717, 1.165) is 47.6 Å². The van der Waals surface area contributed by atoms with Crippen molar-refractivity contribution in [3.63, 3.8) is 0 Å². The van der Waals surface area contributed by atoms with Crippen molar-refractivity contribution in [1.29, 1.82) is 0 Å². The Morgan fingerprint density at radius 3 is 2.50 bits per heavy atom. The van der Waals surface area contributed by atoms with Crippen LogP contribution in [-0.2, 0) is 6.54 Å². The van der Waals surface area contributed by atoms with E-state index >= 15 is 0 Å². The van der Waals surface area contributed by atoms with Crippen LogP contribution in [0.2, 0.25) is 0 Å². The van der Waals surface area contributed by atoms with Gasteiger partial charge >= 0.3 is 0 Å². The second-order valence-corrected chi connectivity index (χ2v) is 7.02. The number of rotatable bonds is 5. The van der Waals surface area contributed by atoms with Crippen molar-refractivity contribution >= 4 is 16.8 Å². The number of aromatic amines is 1. The molecule has 1 amide bonds. The van der Waals surface area contributed by atoms with Crippen LogP contribution in [0.5, 0.6) is 11.5 Å². The molecule has 0 unspecified atom stereocenters. The van der Waals surface area contributed by atoms with Gasteiger partial charge in [-0.2, -0.15) is 0 Å². The number of aromatic nitrogens is 1. The minimum Gasteiger partial charge on any atom is -0.497 e. The van der Waals surface area contributed by atoms with Gasteiger partial charge in [-0.3, -0.25) is 9.69 Å². The predicted octanol–water partition coefficient (Wildman–Crippen LogP) is 3.14. The molecule has 0 spiro atoms. The highest BCUT2D eigenvalue weighted by molar-refractivity contribution is 5.98. The fraction of sp³-hybridized carbons (Fsp3) is 0.318. The van der Waals surface area contributed by atoms with Gasteiger partial charge in [0.1, 0.15) is 17.2 Å². The minimum absolute atomic E-state index is 0.0646. The van der Waals surface area contributed by atoms with E-state index in [1.165, 1.54) is 0 Å². The van der Waals surface area contributed by atoms with Gasteiger partial charge in [-0.25, -0.2) is 0 Å². The Morgan fingerprint density at radius 1 is 1.00 bits per heavy atom. The quantitative estimate of drug-likeness (QED) is 0.740. The van der Waals surface area contributed by atoms with Crippen molar-refractivity contribution in [3.8, 4) is 11.5 Å². The molecule has 0 radical (unpaired) electrons. The summed E-state index contributed by atoms with van der Waals surface area (Å²) >= 11 is 0. The topological polar surface area (TPSA) is 57.8 Å². The van der Waals surface area contributed by atoms with Crippen molar-refractivity contribution in [2.45, 2.75) is 6.54 Å². The van der Waals surface area contributed by atoms with Gasteiger partial charge in [0, 0.05) is 49.2 Å². The van der Waals surface area contributed by atoms with Gasteiger partial charge in [-0.05, 0) is 30.3 Å². The molecule has 2 aromatic carbocycles. The van der Waals surface area contributed by atoms with Crippen molar-refractivity contribution < 1.29 is 14.3 Å². The fourth-order valence-corrected chi connectivity index (χ4v) is 3.71. The summed E-state index contributed by atoms with van der Waals surface area (Å²) in [5.74, 6) is 1.75. The Balaban J connectivity index is 1.40. The first kappa shape index (κ1) is 18.4. The number of H-pyrrole nitrogens is 1. The van der Waals surface area contributed by atoms with Crippen molar-refractivity contribution in [1.82, 2.24) is 14.8 Å². The van der Waals surface area contributed by atoms with Crippen LogP contribution in [0, 0.1) is 0 Å². The Kier molecular flexibility index (Phi) is 5.21. The Hall–Kier alpha value is -2.99. The lowest BCUT2D eigenvalue weighted by Crippen LogP contribution is -2.48. The number of hydrogen-bond acceptors (Lipinski definition) is 4. The van der Waals surface area contributed by atoms with Gasteiger partial charge in [0.25, 0.3) is 5.91 Å². The zero-order valence-electron chi connectivity index (χ0n) is 16.3. The van der Waals surface area contributed by atoms with E-state index in [1.54, 1.807) is 14.2 Å². The number of benzene rings is 2. The monoisotopic (exact) mass is 379 g/mol. The lowest BCUT2D eigenvalue weighted by molar-refractivity contribution is 0.0622. The summed E-state index contributed by atoms with van der Waals surface area (Å²) in [6.45, 7) is 3.84. The lowest BCUT2D eigenvalue weighted by Gasteiger charge is -2.34. The number of ether oxygens (including phenoxy) is 2. The summed E-state index contributed by atoms with van der Waals surface area (Å²) < 4.78 is 10.8. The fourth-order valence-electron chi connectivity index (χ4n) is 3.71. The summed E-state index contributed by atoms with van der Waals surface area (Å²) in [7, 11) is 3.35. The molecule has 4 rings (SSSR count). The largest absolute Gasteiger partial charge is 0.497 e. The van der Waals surface area contributed by atoms with Gasteiger partial charge in [0.05, 0.1) is 14.2 Å². The van der Waals surface area contributed by atoms with Gasteiger partial charge in [-0.1, -0.05) is 18.2 Å². The molecule has 1 saturated heterocycles. The maximum Gasteiger partial charge on any atom is 0.270 e. The molecule has 1 aliphatic heterocycles. The Morgan fingerprint density at radius 2 is 1.79 bits per heavy atom. The van der Waals surface area contributed by atoms with E-state index in [2.05, 4.69) is 9.88 Å². The number of amides is 1. The third kappa shape index (κ3) is 3.68. The van der Waals surface area contributed by atoms with Crippen molar-refractivity contribution in [2.24, 2.45) is 0 Å². The number of para-hydroxylation sites is 1. The number of piperazine rings is 1. The van der Waals surface area contributed by atoms with Gasteiger partial charge in [-0.15, -0.1) is 0 Å². The smallest absolute Gasteiger partial charge is 0.270 e. The molecule has 2 heterocycles. The number of carbonyl (C=O) groups excluding carboxylic acids is 1. The summed E-state index contributed by atoms with van der Waals surface area (Å²) in [5, 5.41) is 1.06. The summed E-state index contributed by atoms with van der Waals surface area (Å²) in [4.78, 5) is 20.4. The average molecular weight is 379 g/mol. The minimum atomic E-state index is 0.0646. The maximum atomic E-state index is 12.9. The first-order valence-electron chi connectivity index (χ1n) is 9.48. The molecule has 146 valence electrons. The number of hydrogen-bond donors (Lipinski definition) is 1. The second kappa shape index (κ2) is 7.94. The molecular formula is C22H25N3O3. The highest BCUT2D eigenvalue weighted by Gasteiger charge is 2.24. The number of nitrogens with zero attached hydrogens (tertiary/aromatic N) is 2. The van der Waals surface area contributed by atoms with Crippen molar-refractivity contribution in [2.75, 3.05) is 40.4 Å². The van der Waals surface area contributed by atoms with Gasteiger partial charge < -0.3 is 19.4 Å². The van der Waals surface area contributed by atoms with E-state index in [0.29, 0.717) is 18.8 Å². The van der Waals surface area contributed by atoms with Crippen LogP contribution in [0.15, 0.2) is 48.5 Å². The van der Waals surface area contributed by atoms with Gasteiger partial charge in [0.15, 0.2) is 0 Å². The standard InChI is InChI=1S/C22H25N3O3/c1-27-18-7-8-21(28-2)17(13-18)15-24-9-11-25(12-10-24)22(26)20-14-16-5-3-4-6-19(16)23-20/h3-8,13-14,23H,9-12,15H2,1-2H3. The van der Waals surface area contributed by atoms with E-state index in [-0.39, 0.29) is 5.91 Å². The van der Waals surface area contributed by atoms with Crippen LogP contribution in [-0.4, -0.2) is 61.1 Å². The molecule has 28 heavy (non-hydrogen) atoms. The molecule has 6 heteroatoms. The van der Waals surface area contributed by atoms with Crippen molar-refractivity contribution in [3.05, 3.63) is 59.8 Å². The zero-order valence-corrected chi connectivity index (χ0v) is 16.3. The molecule has 0 bridgehead atoms. The molecule has 1 aliphatic rings. The third-order valence-corrected chi connectivity index (χ3v) is 5.30. The van der Waals surface area contributed by atoms with Crippen LogP contribution in [0.1, 0.15) is 16.1 Å². The molecule has 0 saturated carbocycles. The third-order valence-electron chi connectivity index (χ3n) is 5.30. The van der Waals surface area contributed by atoms with E-state index in [9.17, 15) is 4.79 Å². The summed E-state index contributed by atoms with van der Waals surface area (Å²) in [5.41, 5.74) is 2.75. The molecule has 0 aliphatic carbocycles. The number of nitrogens with one attached hydrogen (secondary N) is 1. The highest BCUT2D eigenvalue weighted by atomic mass is 16.5. The van der Waals surface area contributed by atoms with Gasteiger partial charge in [0.2, 0.25) is 0 Å². The van der Waals surface area contributed by atoms with Crippen LogP contribution in [0.25, 0.3) is 10.9 Å². The highest BCUT2D eigenvalue weighted by Crippen LogP contribution is 2.26. The second-order valence-electron chi connectivity index (χ2n) is 7.02. The summed E-state index contributed by atoms with van der Waals surface area (Å²) in [6, 6.07) is 15.7. The Labute approximate surface area is 164 Å². The molecule has 3 aromatic rings. The predicted molar refractivity (Wildman–Crippen MR) is 109 cm³/mol. The molecular weight excluding hydrogens is 354 g/mol. The normalized spacial score (nSPS) is 15.0. The van der Waals surface area contributed by atoms with E-state index in [4.69, 9.17) is 9.47 Å². The Bertz CT molecular complexity index is 941. The van der Waals surface area contributed by atoms with E-state index < -0.39 is 0 Å². The SMILES string of the molecule is COc1ccc(OC)c(CN2CCN(C(=O)c3cc4ccccc4[nH]3)CC2)c1. The molecule has 0 atom stereocenters. The molecule has 6 nitrogen and oxygen atoms in total. The van der Waals surface area contributed by atoms with Crippen LogP contribution < -0.4 is 9.47 Å². The van der Waals surface area contributed by atoms with Crippen LogP contribution >= 0.6 is 0 Å². The first-order chi connectivity index (χ1) is 13.7. The number of fused-ring (bicyclic) bond motifs is 1. The number of carbonyl (C=O) groups is 1. The molecule has 1 N–H and O–H groups in total. The molecule has 1 aromatic heterocycles. The average Bonchev–Trinajstić information content (AvgIpc) is 3.18. The van der Waals surface area contributed by atoms with E-state index in [1.807, 2.05) is 53.4 Å². The zero-order chi connectivity index (χ0) is 19.5. The summed E-state index contributed by atoms with van der Waals surface area (Å²) in [6.07, 6.45) is 0. The van der Waals surface area contributed by atoms with Crippen LogP contribution in [0.3, 0.4) is 0 Å². The maximum absolute atomic E-state index is 12.9. The van der Waals surface area contributed by atoms with Crippen LogP contribution in [0.4, 0.5) is 0 Å². The lowest BCUT2D eigenvalue weighted by atomic mass is 10.1. The molecule has 1 fully saturated rings. The first-order valence-corrected chi connectivity index (χ1v) is 9.48. The number of methoxy groups -OCH3 is 2.